The average molecular weight is 433 g/mol. The minimum Gasteiger partial charge on any atom is -0.459 e. The number of allylic oxidation sites excluding steroid dienone is 2. The van der Waals surface area contributed by atoms with E-state index in [0.29, 0.717) is 18.6 Å². The molecule has 170 valence electrons. The Morgan fingerprint density at radius 3 is 2.42 bits per heavy atom. The standard InChI is InChI=1S/C24H32O7/c1-12-15-7-8-24(28)22(4,5)11-19(29-13(2)25)21(30-14(3)26)23(24,6)17(15)10-18-16(12)9-20(27)31-18/h9-10,12,15,17,19,21,28H,7-8,11H2,1-6H3/t12-,15+,17-,19+,21+,23+,24-/m1/s1. The Morgan fingerprint density at radius 1 is 1.16 bits per heavy atom. The highest BCUT2D eigenvalue weighted by Gasteiger charge is 2.72. The molecule has 0 amide bonds. The van der Waals surface area contributed by atoms with E-state index < -0.39 is 40.6 Å². The molecule has 2 fully saturated rings. The summed E-state index contributed by atoms with van der Waals surface area (Å²) in [4.78, 5) is 36.0. The molecule has 0 radical (unpaired) electrons. The lowest BCUT2D eigenvalue weighted by Gasteiger charge is -2.67. The van der Waals surface area contributed by atoms with Gasteiger partial charge in [-0.3, -0.25) is 9.59 Å². The highest BCUT2D eigenvalue weighted by molar-refractivity contribution is 5.88. The van der Waals surface area contributed by atoms with E-state index in [1.54, 1.807) is 6.08 Å². The van der Waals surface area contributed by atoms with E-state index in [1.807, 2.05) is 26.8 Å². The van der Waals surface area contributed by atoms with Gasteiger partial charge in [-0.2, -0.15) is 0 Å². The molecule has 1 heterocycles. The van der Waals surface area contributed by atoms with Gasteiger partial charge in [0.2, 0.25) is 0 Å². The van der Waals surface area contributed by atoms with Gasteiger partial charge in [-0.25, -0.2) is 4.79 Å². The Bertz CT molecular complexity index is 900. The fraction of sp³-hybridized carbons (Fsp3) is 0.708. The van der Waals surface area contributed by atoms with Crippen molar-refractivity contribution in [2.75, 3.05) is 0 Å². The van der Waals surface area contributed by atoms with E-state index in [4.69, 9.17) is 14.2 Å². The van der Waals surface area contributed by atoms with Crippen LogP contribution in [0.5, 0.6) is 0 Å². The molecule has 0 aromatic rings. The third-order valence-electron chi connectivity index (χ3n) is 8.49. The van der Waals surface area contributed by atoms with E-state index in [9.17, 15) is 19.5 Å². The van der Waals surface area contributed by atoms with Crippen molar-refractivity contribution < 1.29 is 33.7 Å². The summed E-state index contributed by atoms with van der Waals surface area (Å²) >= 11 is 0. The third kappa shape index (κ3) is 2.99. The zero-order valence-electron chi connectivity index (χ0n) is 19.1. The van der Waals surface area contributed by atoms with Gasteiger partial charge < -0.3 is 19.3 Å². The van der Waals surface area contributed by atoms with E-state index in [2.05, 4.69) is 6.92 Å². The summed E-state index contributed by atoms with van der Waals surface area (Å²) in [7, 11) is 0. The second kappa shape index (κ2) is 6.92. The molecule has 0 spiro atoms. The second-order valence-corrected chi connectivity index (χ2v) is 10.5. The van der Waals surface area contributed by atoms with Crippen LogP contribution in [0.15, 0.2) is 23.5 Å². The minimum atomic E-state index is -1.18. The SMILES string of the molecule is CC(=O)O[C@H]1CC(C)(C)[C@]2(O)CC[C@@H]3[C@@H](C=C4OC(=O)C=C4[C@@H]3C)[C@@]2(C)[C@H]1OC(C)=O. The first-order valence-corrected chi connectivity index (χ1v) is 11.0. The molecule has 4 rings (SSSR count). The van der Waals surface area contributed by atoms with E-state index in [-0.39, 0.29) is 23.7 Å². The van der Waals surface area contributed by atoms with Crippen LogP contribution in [0.3, 0.4) is 0 Å². The fourth-order valence-electron chi connectivity index (χ4n) is 7.03. The lowest BCUT2D eigenvalue weighted by atomic mass is 9.40. The number of esters is 3. The maximum absolute atomic E-state index is 12.2. The molecule has 31 heavy (non-hydrogen) atoms. The van der Waals surface area contributed by atoms with Crippen molar-refractivity contribution in [3.05, 3.63) is 23.5 Å². The van der Waals surface area contributed by atoms with Crippen molar-refractivity contribution in [1.82, 2.24) is 0 Å². The van der Waals surface area contributed by atoms with Crippen molar-refractivity contribution >= 4 is 17.9 Å². The molecule has 0 bridgehead atoms. The molecular formula is C24H32O7. The lowest BCUT2D eigenvalue weighted by molar-refractivity contribution is -0.297. The second-order valence-electron chi connectivity index (χ2n) is 10.5. The molecule has 1 N–H and O–H groups in total. The molecule has 0 aromatic carbocycles. The van der Waals surface area contributed by atoms with Gasteiger partial charge in [-0.15, -0.1) is 0 Å². The normalized spacial score (nSPS) is 42.8. The number of carbonyl (C=O) groups excluding carboxylic acids is 3. The highest BCUT2D eigenvalue weighted by atomic mass is 16.6. The molecule has 7 atom stereocenters. The van der Waals surface area contributed by atoms with Crippen molar-refractivity contribution in [2.24, 2.45) is 28.6 Å². The topological polar surface area (TPSA) is 99.1 Å². The smallest absolute Gasteiger partial charge is 0.336 e. The zero-order chi connectivity index (χ0) is 22.9. The number of rotatable bonds is 2. The third-order valence-corrected chi connectivity index (χ3v) is 8.49. The Balaban J connectivity index is 1.90. The van der Waals surface area contributed by atoms with Gasteiger partial charge in [0, 0.05) is 30.9 Å². The van der Waals surface area contributed by atoms with Crippen LogP contribution < -0.4 is 0 Å². The van der Waals surface area contributed by atoms with Gasteiger partial charge in [0.05, 0.1) is 5.60 Å². The number of ether oxygens (including phenoxy) is 3. The van der Waals surface area contributed by atoms with Gasteiger partial charge in [0.15, 0.2) is 0 Å². The van der Waals surface area contributed by atoms with Crippen LogP contribution in [0, 0.1) is 28.6 Å². The van der Waals surface area contributed by atoms with Crippen LogP contribution in [-0.2, 0) is 28.6 Å². The van der Waals surface area contributed by atoms with Gasteiger partial charge in [0.1, 0.15) is 18.0 Å². The molecule has 0 saturated heterocycles. The van der Waals surface area contributed by atoms with Crippen molar-refractivity contribution in [3.63, 3.8) is 0 Å². The molecule has 2 saturated carbocycles. The first-order valence-electron chi connectivity index (χ1n) is 11.0. The van der Waals surface area contributed by atoms with Crippen LogP contribution in [0.25, 0.3) is 0 Å². The van der Waals surface area contributed by atoms with Gasteiger partial charge in [0.25, 0.3) is 0 Å². The van der Waals surface area contributed by atoms with Crippen molar-refractivity contribution in [1.29, 1.82) is 0 Å². The summed E-state index contributed by atoms with van der Waals surface area (Å²) in [6, 6.07) is 0. The minimum absolute atomic E-state index is 0.0491. The Kier molecular flexibility index (Phi) is 4.93. The number of hydrogen-bond acceptors (Lipinski definition) is 7. The number of carbonyl (C=O) groups is 3. The summed E-state index contributed by atoms with van der Waals surface area (Å²) in [6.07, 6.45) is 3.63. The summed E-state index contributed by atoms with van der Waals surface area (Å²) in [6.45, 7) is 10.6. The molecule has 1 aliphatic heterocycles. The molecule has 4 aliphatic rings. The predicted octanol–water partition coefficient (Wildman–Crippen LogP) is 3.06. The zero-order valence-corrected chi connectivity index (χ0v) is 19.1. The maximum atomic E-state index is 12.2. The summed E-state index contributed by atoms with van der Waals surface area (Å²) < 4.78 is 16.9. The molecule has 7 nitrogen and oxygen atoms in total. The molecular weight excluding hydrogens is 400 g/mol. The lowest BCUT2D eigenvalue weighted by Crippen LogP contribution is -2.74. The van der Waals surface area contributed by atoms with Crippen molar-refractivity contribution in [3.8, 4) is 0 Å². The Labute approximate surface area is 182 Å². The Morgan fingerprint density at radius 2 is 1.81 bits per heavy atom. The van der Waals surface area contributed by atoms with Crippen LogP contribution in [0.1, 0.15) is 60.8 Å². The van der Waals surface area contributed by atoms with Crippen LogP contribution in [0.4, 0.5) is 0 Å². The largest absolute Gasteiger partial charge is 0.459 e. The quantitative estimate of drug-likeness (QED) is 0.529. The maximum Gasteiger partial charge on any atom is 0.336 e. The number of fused-ring (bicyclic) bond motifs is 4. The van der Waals surface area contributed by atoms with Gasteiger partial charge in [-0.1, -0.05) is 27.7 Å². The molecule has 0 aromatic heterocycles. The van der Waals surface area contributed by atoms with Crippen LogP contribution >= 0.6 is 0 Å². The van der Waals surface area contributed by atoms with Crippen LogP contribution in [0.2, 0.25) is 0 Å². The van der Waals surface area contributed by atoms with Crippen LogP contribution in [-0.4, -0.2) is 40.8 Å². The van der Waals surface area contributed by atoms with Gasteiger partial charge >= 0.3 is 17.9 Å². The molecule has 3 aliphatic carbocycles. The average Bonchev–Trinajstić information content (AvgIpc) is 3.02. The molecule has 7 heteroatoms. The first kappa shape index (κ1) is 22.1. The van der Waals surface area contributed by atoms with Crippen molar-refractivity contribution in [2.45, 2.75) is 78.6 Å². The number of hydrogen-bond donors (Lipinski definition) is 1. The fourth-order valence-corrected chi connectivity index (χ4v) is 7.03. The van der Waals surface area contributed by atoms with E-state index >= 15 is 0 Å². The van der Waals surface area contributed by atoms with E-state index in [0.717, 1.165) is 12.0 Å². The monoisotopic (exact) mass is 432 g/mol. The highest BCUT2D eigenvalue weighted by Crippen LogP contribution is 2.67. The van der Waals surface area contributed by atoms with E-state index in [1.165, 1.54) is 13.8 Å². The summed E-state index contributed by atoms with van der Waals surface area (Å²) in [5.74, 6) is -0.862. The Hall–Kier alpha value is -2.15. The summed E-state index contributed by atoms with van der Waals surface area (Å²) in [5.41, 5.74) is -1.85. The number of aliphatic hydroxyl groups is 1. The predicted molar refractivity (Wildman–Crippen MR) is 110 cm³/mol. The first-order chi connectivity index (χ1) is 14.3. The van der Waals surface area contributed by atoms with Gasteiger partial charge in [-0.05, 0) is 48.5 Å². The summed E-state index contributed by atoms with van der Waals surface area (Å²) in [5, 5.41) is 12.2. The molecule has 0 unspecified atom stereocenters.